The first-order valence-electron chi connectivity index (χ1n) is 8.11. The van der Waals surface area contributed by atoms with Crippen LogP contribution >= 0.6 is 15.9 Å². The molecule has 1 aromatic heterocycles. The van der Waals surface area contributed by atoms with E-state index in [0.29, 0.717) is 12.5 Å². The summed E-state index contributed by atoms with van der Waals surface area (Å²) in [5.74, 6) is 1.39. The van der Waals surface area contributed by atoms with Crippen molar-refractivity contribution in [2.24, 2.45) is 5.92 Å². The van der Waals surface area contributed by atoms with Gasteiger partial charge in [-0.2, -0.15) is 5.10 Å². The molecule has 3 nitrogen and oxygen atoms in total. The van der Waals surface area contributed by atoms with Gasteiger partial charge >= 0.3 is 0 Å². The minimum atomic E-state index is 0.503. The van der Waals surface area contributed by atoms with E-state index < -0.39 is 0 Å². The van der Waals surface area contributed by atoms with E-state index in [-0.39, 0.29) is 0 Å². The van der Waals surface area contributed by atoms with E-state index in [9.17, 15) is 0 Å². The average Bonchev–Trinajstić information content (AvgIpc) is 3.05. The van der Waals surface area contributed by atoms with Gasteiger partial charge in [0.05, 0.1) is 23.7 Å². The third kappa shape index (κ3) is 3.88. The Hall–Kier alpha value is -2.07. The van der Waals surface area contributed by atoms with Crippen LogP contribution in [0, 0.1) is 5.92 Å². The van der Waals surface area contributed by atoms with Gasteiger partial charge in [-0.25, -0.2) is 4.68 Å². The lowest BCUT2D eigenvalue weighted by Gasteiger charge is -2.11. The average molecular weight is 385 g/mol. The fraction of sp³-hybridized carbons (Fsp3) is 0.250. The van der Waals surface area contributed by atoms with Crippen molar-refractivity contribution in [1.82, 2.24) is 9.78 Å². The Kier molecular flexibility index (Phi) is 5.36. The van der Waals surface area contributed by atoms with E-state index in [4.69, 9.17) is 9.84 Å². The first-order valence-corrected chi connectivity index (χ1v) is 9.23. The van der Waals surface area contributed by atoms with E-state index in [1.807, 2.05) is 35.0 Å². The number of halogens is 1. The minimum absolute atomic E-state index is 0.503. The molecule has 0 amide bonds. The molecule has 0 saturated carbocycles. The van der Waals surface area contributed by atoms with E-state index in [1.165, 1.54) is 0 Å². The predicted molar refractivity (Wildman–Crippen MR) is 102 cm³/mol. The first-order chi connectivity index (χ1) is 11.7. The van der Waals surface area contributed by atoms with Gasteiger partial charge in [0.25, 0.3) is 0 Å². The number of benzene rings is 2. The van der Waals surface area contributed by atoms with Gasteiger partial charge < -0.3 is 4.74 Å². The van der Waals surface area contributed by atoms with E-state index in [1.54, 1.807) is 0 Å². The summed E-state index contributed by atoms with van der Waals surface area (Å²) in [6, 6.07) is 20.5. The maximum absolute atomic E-state index is 5.87. The number of para-hydroxylation sites is 1. The Balaban J connectivity index is 2.00. The molecule has 3 rings (SSSR count). The summed E-state index contributed by atoms with van der Waals surface area (Å²) in [6.45, 7) is 5.02. The molecule has 0 spiro atoms. The number of nitrogens with zero attached hydrogens (tertiary/aromatic N) is 2. The van der Waals surface area contributed by atoms with Crippen LogP contribution < -0.4 is 4.74 Å². The number of rotatable bonds is 6. The maximum atomic E-state index is 5.87. The molecule has 0 atom stereocenters. The summed E-state index contributed by atoms with van der Waals surface area (Å²) < 4.78 is 7.85. The highest BCUT2D eigenvalue weighted by Gasteiger charge is 2.12. The molecule has 0 unspecified atom stereocenters. The summed E-state index contributed by atoms with van der Waals surface area (Å²) in [5.41, 5.74) is 4.21. The molecule has 0 fully saturated rings. The Morgan fingerprint density at radius 3 is 2.54 bits per heavy atom. The van der Waals surface area contributed by atoms with Crippen molar-refractivity contribution in [1.29, 1.82) is 0 Å². The molecule has 0 radical (unpaired) electrons. The molecule has 0 bridgehead atoms. The lowest BCUT2D eigenvalue weighted by atomic mass is 10.1. The molecule has 0 aliphatic carbocycles. The summed E-state index contributed by atoms with van der Waals surface area (Å²) in [4.78, 5) is 0. The Morgan fingerprint density at radius 1 is 1.04 bits per heavy atom. The monoisotopic (exact) mass is 384 g/mol. The highest BCUT2D eigenvalue weighted by molar-refractivity contribution is 9.08. The lowest BCUT2D eigenvalue weighted by Crippen LogP contribution is -2.04. The van der Waals surface area contributed by atoms with Crippen molar-refractivity contribution in [3.63, 3.8) is 0 Å². The number of ether oxygens (including phenoxy) is 1. The van der Waals surface area contributed by atoms with Gasteiger partial charge in [0, 0.05) is 10.9 Å². The normalized spacial score (nSPS) is 11.0. The molecule has 24 heavy (non-hydrogen) atoms. The molecule has 0 saturated heterocycles. The van der Waals surface area contributed by atoms with Gasteiger partial charge in [0.2, 0.25) is 0 Å². The summed E-state index contributed by atoms with van der Waals surface area (Å²) >= 11 is 3.50. The second kappa shape index (κ2) is 7.67. The zero-order chi connectivity index (χ0) is 16.9. The summed E-state index contributed by atoms with van der Waals surface area (Å²) in [6.07, 6.45) is 0. The Bertz CT molecular complexity index is 796. The smallest absolute Gasteiger partial charge is 0.119 e. The molecule has 3 aromatic rings. The molecule has 1 heterocycles. The van der Waals surface area contributed by atoms with Crippen molar-refractivity contribution in [2.75, 3.05) is 6.61 Å². The molecular formula is C20H21BrN2O. The quantitative estimate of drug-likeness (QED) is 0.526. The number of alkyl halides is 1. The predicted octanol–water partition coefficient (Wildman–Crippen LogP) is 5.47. The van der Waals surface area contributed by atoms with Gasteiger partial charge in [0.1, 0.15) is 5.75 Å². The zero-order valence-corrected chi connectivity index (χ0v) is 15.5. The van der Waals surface area contributed by atoms with Gasteiger partial charge in [-0.1, -0.05) is 60.1 Å². The standard InChI is InChI=1S/C20H21BrN2O/c1-15(2)14-24-19-10-6-7-16(11-19)20-12-17(13-21)22-23(20)18-8-4-3-5-9-18/h3-12,15H,13-14H2,1-2H3. The van der Waals surface area contributed by atoms with Crippen LogP contribution in [-0.2, 0) is 5.33 Å². The van der Waals surface area contributed by atoms with Gasteiger partial charge in [-0.3, -0.25) is 0 Å². The van der Waals surface area contributed by atoms with Crippen molar-refractivity contribution in [2.45, 2.75) is 19.2 Å². The van der Waals surface area contributed by atoms with Crippen LogP contribution in [0.2, 0.25) is 0 Å². The third-order valence-corrected chi connectivity index (χ3v) is 4.19. The lowest BCUT2D eigenvalue weighted by molar-refractivity contribution is 0.271. The third-order valence-electron chi connectivity index (χ3n) is 3.61. The SMILES string of the molecule is CC(C)COc1cccc(-c2cc(CBr)nn2-c2ccccc2)c1. The topological polar surface area (TPSA) is 27.1 Å². The largest absolute Gasteiger partial charge is 0.493 e. The fourth-order valence-corrected chi connectivity index (χ4v) is 2.75. The van der Waals surface area contributed by atoms with Gasteiger partial charge in [-0.15, -0.1) is 0 Å². The van der Waals surface area contributed by atoms with Crippen LogP contribution in [0.25, 0.3) is 16.9 Å². The molecule has 2 aromatic carbocycles. The molecule has 124 valence electrons. The van der Waals surface area contributed by atoms with Crippen molar-refractivity contribution < 1.29 is 4.74 Å². The van der Waals surface area contributed by atoms with Crippen molar-refractivity contribution >= 4 is 15.9 Å². The number of hydrogen-bond donors (Lipinski definition) is 0. The van der Waals surface area contributed by atoms with E-state index >= 15 is 0 Å². The van der Waals surface area contributed by atoms with Crippen LogP contribution in [0.4, 0.5) is 0 Å². The second-order valence-corrected chi connectivity index (χ2v) is 6.70. The molecule has 0 aliphatic rings. The molecule has 4 heteroatoms. The van der Waals surface area contributed by atoms with Crippen molar-refractivity contribution in [3.05, 3.63) is 66.4 Å². The van der Waals surface area contributed by atoms with Crippen LogP contribution in [0.3, 0.4) is 0 Å². The van der Waals surface area contributed by atoms with E-state index in [0.717, 1.165) is 33.7 Å². The first kappa shape index (κ1) is 16.8. The highest BCUT2D eigenvalue weighted by atomic mass is 79.9. The number of aromatic nitrogens is 2. The summed E-state index contributed by atoms with van der Waals surface area (Å²) in [7, 11) is 0. The maximum Gasteiger partial charge on any atom is 0.119 e. The van der Waals surface area contributed by atoms with Crippen LogP contribution in [-0.4, -0.2) is 16.4 Å². The molecule has 0 aliphatic heterocycles. The molecular weight excluding hydrogens is 364 g/mol. The van der Waals surface area contributed by atoms with Gasteiger partial charge in [0.15, 0.2) is 0 Å². The highest BCUT2D eigenvalue weighted by Crippen LogP contribution is 2.28. The van der Waals surface area contributed by atoms with Crippen LogP contribution in [0.5, 0.6) is 5.75 Å². The second-order valence-electron chi connectivity index (χ2n) is 6.13. The molecule has 0 N–H and O–H groups in total. The van der Waals surface area contributed by atoms with Crippen LogP contribution in [0.15, 0.2) is 60.7 Å². The van der Waals surface area contributed by atoms with Crippen molar-refractivity contribution in [3.8, 4) is 22.7 Å². The Labute approximate surface area is 151 Å². The minimum Gasteiger partial charge on any atom is -0.493 e. The summed E-state index contributed by atoms with van der Waals surface area (Å²) in [5, 5.41) is 5.43. The zero-order valence-electron chi connectivity index (χ0n) is 13.9. The van der Waals surface area contributed by atoms with Crippen LogP contribution in [0.1, 0.15) is 19.5 Å². The van der Waals surface area contributed by atoms with E-state index in [2.05, 4.69) is 60.1 Å². The number of hydrogen-bond acceptors (Lipinski definition) is 2. The Morgan fingerprint density at radius 2 is 1.83 bits per heavy atom. The fourth-order valence-electron chi connectivity index (χ4n) is 2.48. The van der Waals surface area contributed by atoms with Gasteiger partial charge in [-0.05, 0) is 36.2 Å².